The number of aliphatic carboxylic acids is 1. The van der Waals surface area contributed by atoms with Gasteiger partial charge in [-0.05, 0) is 32.2 Å². The van der Waals surface area contributed by atoms with Gasteiger partial charge in [-0.2, -0.15) is 0 Å². The molecule has 0 radical (unpaired) electrons. The van der Waals surface area contributed by atoms with Crippen LogP contribution in [0, 0.1) is 5.92 Å². The van der Waals surface area contributed by atoms with Gasteiger partial charge in [-0.1, -0.05) is 13.8 Å². The molecule has 0 aromatic carbocycles. The van der Waals surface area contributed by atoms with Crippen molar-refractivity contribution < 1.29 is 15.0 Å². The number of carbonyl (C=O) groups is 1. The standard InChI is InChI=1S/C11H21NO3/c1-4-11(3,15)7-12-6-5-8(2)9(12)10(13)14/h8-9,15H,4-7H2,1-3H3,(H,13,14). The molecule has 1 saturated heterocycles. The van der Waals surface area contributed by atoms with Crippen molar-refractivity contribution in [1.29, 1.82) is 0 Å². The molecule has 0 amide bonds. The molecule has 1 aliphatic rings. The predicted octanol–water partition coefficient (Wildman–Crippen LogP) is 0.942. The number of hydrogen-bond donors (Lipinski definition) is 2. The van der Waals surface area contributed by atoms with Crippen LogP contribution in [-0.4, -0.2) is 45.8 Å². The van der Waals surface area contributed by atoms with Crippen LogP contribution in [0.2, 0.25) is 0 Å². The lowest BCUT2D eigenvalue weighted by atomic mass is 10.0. The Hall–Kier alpha value is -0.610. The summed E-state index contributed by atoms with van der Waals surface area (Å²) < 4.78 is 0. The Balaban J connectivity index is 2.66. The minimum Gasteiger partial charge on any atom is -0.480 e. The van der Waals surface area contributed by atoms with E-state index < -0.39 is 17.6 Å². The normalized spacial score (nSPS) is 31.5. The zero-order chi connectivity index (χ0) is 11.6. The maximum absolute atomic E-state index is 11.1. The van der Waals surface area contributed by atoms with E-state index in [0.29, 0.717) is 13.0 Å². The Labute approximate surface area is 90.9 Å². The van der Waals surface area contributed by atoms with Crippen LogP contribution in [0.3, 0.4) is 0 Å². The summed E-state index contributed by atoms with van der Waals surface area (Å²) >= 11 is 0. The van der Waals surface area contributed by atoms with Crippen molar-refractivity contribution in [3.05, 3.63) is 0 Å². The molecule has 1 aliphatic heterocycles. The third-order valence-corrected chi connectivity index (χ3v) is 3.36. The van der Waals surface area contributed by atoms with Crippen LogP contribution < -0.4 is 0 Å². The lowest BCUT2D eigenvalue weighted by Crippen LogP contribution is -2.46. The second-order valence-corrected chi connectivity index (χ2v) is 4.87. The van der Waals surface area contributed by atoms with E-state index in [1.165, 1.54) is 0 Å². The van der Waals surface area contributed by atoms with Crippen LogP contribution in [0.1, 0.15) is 33.6 Å². The summed E-state index contributed by atoms with van der Waals surface area (Å²) in [5.41, 5.74) is -0.780. The van der Waals surface area contributed by atoms with Crippen LogP contribution in [0.4, 0.5) is 0 Å². The number of aliphatic hydroxyl groups is 1. The maximum Gasteiger partial charge on any atom is 0.321 e. The predicted molar refractivity (Wildman–Crippen MR) is 57.7 cm³/mol. The van der Waals surface area contributed by atoms with Gasteiger partial charge in [0.05, 0.1) is 5.60 Å². The summed E-state index contributed by atoms with van der Waals surface area (Å²) in [6, 6.07) is -0.428. The molecule has 0 aromatic heterocycles. The molecule has 1 heterocycles. The van der Waals surface area contributed by atoms with E-state index in [4.69, 9.17) is 5.11 Å². The highest BCUT2D eigenvalue weighted by Gasteiger charge is 2.39. The van der Waals surface area contributed by atoms with Crippen molar-refractivity contribution in [3.8, 4) is 0 Å². The molecule has 1 fully saturated rings. The van der Waals surface area contributed by atoms with Gasteiger partial charge in [-0.25, -0.2) is 0 Å². The van der Waals surface area contributed by atoms with E-state index in [-0.39, 0.29) is 5.92 Å². The fraction of sp³-hybridized carbons (Fsp3) is 0.909. The first kappa shape index (κ1) is 12.5. The van der Waals surface area contributed by atoms with Crippen molar-refractivity contribution in [2.75, 3.05) is 13.1 Å². The van der Waals surface area contributed by atoms with E-state index in [0.717, 1.165) is 13.0 Å². The van der Waals surface area contributed by atoms with Crippen LogP contribution in [0.5, 0.6) is 0 Å². The number of nitrogens with zero attached hydrogens (tertiary/aromatic N) is 1. The molecule has 0 bridgehead atoms. The number of carboxylic acid groups (broad SMARTS) is 1. The molecule has 4 heteroatoms. The minimum absolute atomic E-state index is 0.176. The number of carboxylic acids is 1. The molecule has 3 unspecified atom stereocenters. The molecule has 0 saturated carbocycles. The Bertz CT molecular complexity index is 240. The summed E-state index contributed by atoms with van der Waals surface area (Å²) in [5.74, 6) is -0.595. The van der Waals surface area contributed by atoms with Gasteiger partial charge in [-0.3, -0.25) is 9.69 Å². The fourth-order valence-electron chi connectivity index (χ4n) is 2.15. The molecular weight excluding hydrogens is 194 g/mol. The minimum atomic E-state index is -0.780. The van der Waals surface area contributed by atoms with E-state index in [1.54, 1.807) is 6.92 Å². The highest BCUT2D eigenvalue weighted by molar-refractivity contribution is 5.74. The zero-order valence-corrected chi connectivity index (χ0v) is 9.73. The largest absolute Gasteiger partial charge is 0.480 e. The summed E-state index contributed by atoms with van der Waals surface area (Å²) in [4.78, 5) is 13.0. The van der Waals surface area contributed by atoms with Gasteiger partial charge in [0.1, 0.15) is 6.04 Å². The zero-order valence-electron chi connectivity index (χ0n) is 9.73. The van der Waals surface area contributed by atoms with Gasteiger partial charge in [-0.15, -0.1) is 0 Å². The van der Waals surface area contributed by atoms with Crippen LogP contribution in [-0.2, 0) is 4.79 Å². The SMILES string of the molecule is CCC(C)(O)CN1CCC(C)C1C(=O)O. The van der Waals surface area contributed by atoms with Crippen molar-refractivity contribution in [2.45, 2.75) is 45.3 Å². The maximum atomic E-state index is 11.1. The lowest BCUT2D eigenvalue weighted by molar-refractivity contribution is -0.144. The monoisotopic (exact) mass is 215 g/mol. The third kappa shape index (κ3) is 2.92. The third-order valence-electron chi connectivity index (χ3n) is 3.36. The molecule has 0 spiro atoms. The molecule has 3 atom stereocenters. The lowest BCUT2D eigenvalue weighted by Gasteiger charge is -2.31. The molecule has 15 heavy (non-hydrogen) atoms. The van der Waals surface area contributed by atoms with Gasteiger partial charge in [0.15, 0.2) is 0 Å². The van der Waals surface area contributed by atoms with Gasteiger partial charge < -0.3 is 10.2 Å². The second-order valence-electron chi connectivity index (χ2n) is 4.87. The molecule has 2 N–H and O–H groups in total. The summed E-state index contributed by atoms with van der Waals surface area (Å²) in [6.07, 6.45) is 1.54. The first-order valence-electron chi connectivity index (χ1n) is 5.56. The topological polar surface area (TPSA) is 60.8 Å². The quantitative estimate of drug-likeness (QED) is 0.732. The highest BCUT2D eigenvalue weighted by atomic mass is 16.4. The average molecular weight is 215 g/mol. The molecule has 88 valence electrons. The van der Waals surface area contributed by atoms with Crippen molar-refractivity contribution in [3.63, 3.8) is 0 Å². The van der Waals surface area contributed by atoms with Gasteiger partial charge in [0.2, 0.25) is 0 Å². The Kier molecular flexibility index (Phi) is 3.73. The highest BCUT2D eigenvalue weighted by Crippen LogP contribution is 2.26. The van der Waals surface area contributed by atoms with E-state index >= 15 is 0 Å². The average Bonchev–Trinajstić information content (AvgIpc) is 2.46. The van der Waals surface area contributed by atoms with E-state index in [9.17, 15) is 9.90 Å². The first-order valence-corrected chi connectivity index (χ1v) is 5.56. The molecule has 0 aliphatic carbocycles. The number of β-amino-alcohol motifs (C(OH)–C–C–N with tert-alkyl or cyclic N) is 1. The molecular formula is C11H21NO3. The van der Waals surface area contributed by atoms with Crippen molar-refractivity contribution in [1.82, 2.24) is 4.90 Å². The van der Waals surface area contributed by atoms with Crippen molar-refractivity contribution >= 4 is 5.97 Å². The number of hydrogen-bond acceptors (Lipinski definition) is 3. The fourth-order valence-corrected chi connectivity index (χ4v) is 2.15. The Morgan fingerprint density at radius 1 is 1.60 bits per heavy atom. The van der Waals surface area contributed by atoms with Crippen LogP contribution in [0.25, 0.3) is 0 Å². The summed E-state index contributed by atoms with van der Waals surface area (Å²) in [7, 11) is 0. The molecule has 1 rings (SSSR count). The first-order chi connectivity index (χ1) is 6.87. The molecule has 4 nitrogen and oxygen atoms in total. The molecule has 0 aromatic rings. The van der Waals surface area contributed by atoms with E-state index in [2.05, 4.69) is 0 Å². The van der Waals surface area contributed by atoms with Crippen LogP contribution in [0.15, 0.2) is 0 Å². The Morgan fingerprint density at radius 2 is 2.20 bits per heavy atom. The van der Waals surface area contributed by atoms with Crippen molar-refractivity contribution in [2.24, 2.45) is 5.92 Å². The van der Waals surface area contributed by atoms with Gasteiger partial charge >= 0.3 is 5.97 Å². The number of likely N-dealkylation sites (tertiary alicyclic amines) is 1. The number of rotatable bonds is 4. The summed E-state index contributed by atoms with van der Waals surface area (Å²) in [6.45, 7) is 6.85. The van der Waals surface area contributed by atoms with Crippen LogP contribution >= 0.6 is 0 Å². The summed E-state index contributed by atoms with van der Waals surface area (Å²) in [5, 5.41) is 19.0. The Morgan fingerprint density at radius 3 is 2.67 bits per heavy atom. The second kappa shape index (κ2) is 4.49. The van der Waals surface area contributed by atoms with Gasteiger partial charge in [0, 0.05) is 6.54 Å². The smallest absolute Gasteiger partial charge is 0.321 e. The van der Waals surface area contributed by atoms with E-state index in [1.807, 2.05) is 18.7 Å². The van der Waals surface area contributed by atoms with Gasteiger partial charge in [0.25, 0.3) is 0 Å².